The van der Waals surface area contributed by atoms with Crippen molar-refractivity contribution >= 4 is 23.4 Å². The molecule has 7 nitrogen and oxygen atoms in total. The van der Waals surface area contributed by atoms with Crippen molar-refractivity contribution < 1.29 is 35.9 Å². The zero-order chi connectivity index (χ0) is 27.6. The standard InChI is InChI=1S/C24H29F6N5O2/c1-3-34(4-2)14-15-35(22(37)33-19-10-8-17(9-11-19)23(25,26)27)13-12-31-21(36)32-20-7-5-6-18(16-20)24(28,29)30/h5-11,16H,3-4,12-15H2,1-2H3,(H,33,37)(H2,31,32,36). The molecule has 13 heteroatoms. The summed E-state index contributed by atoms with van der Waals surface area (Å²) in [6, 6.07) is 6.82. The molecule has 204 valence electrons. The first-order chi connectivity index (χ1) is 17.3. The molecule has 0 spiro atoms. The van der Waals surface area contributed by atoms with Crippen molar-refractivity contribution in [3.05, 3.63) is 59.7 Å². The Kier molecular flexibility index (Phi) is 10.6. The first-order valence-electron chi connectivity index (χ1n) is 11.5. The smallest absolute Gasteiger partial charge is 0.336 e. The van der Waals surface area contributed by atoms with Crippen molar-refractivity contribution in [2.45, 2.75) is 26.2 Å². The number of hydrogen-bond acceptors (Lipinski definition) is 3. The average molecular weight is 534 g/mol. The lowest BCUT2D eigenvalue weighted by Crippen LogP contribution is -2.45. The third kappa shape index (κ3) is 9.83. The van der Waals surface area contributed by atoms with Crippen LogP contribution < -0.4 is 16.0 Å². The van der Waals surface area contributed by atoms with Crippen LogP contribution in [0.5, 0.6) is 0 Å². The molecule has 37 heavy (non-hydrogen) atoms. The molecular formula is C24H29F6N5O2. The van der Waals surface area contributed by atoms with Gasteiger partial charge in [0.2, 0.25) is 0 Å². The highest BCUT2D eigenvalue weighted by atomic mass is 19.4. The van der Waals surface area contributed by atoms with E-state index in [-0.39, 0.29) is 31.0 Å². The minimum absolute atomic E-state index is 0.0243. The number of halogens is 6. The number of amides is 4. The van der Waals surface area contributed by atoms with E-state index in [1.54, 1.807) is 0 Å². The molecule has 0 heterocycles. The van der Waals surface area contributed by atoms with Crippen LogP contribution in [0, 0.1) is 0 Å². The number of nitrogens with one attached hydrogen (secondary N) is 3. The Morgan fingerprint density at radius 2 is 1.38 bits per heavy atom. The maximum atomic E-state index is 12.9. The van der Waals surface area contributed by atoms with Crippen LogP contribution in [0.2, 0.25) is 0 Å². The van der Waals surface area contributed by atoms with Crippen LogP contribution in [0.25, 0.3) is 0 Å². The monoisotopic (exact) mass is 533 g/mol. The Morgan fingerprint density at radius 1 is 0.757 bits per heavy atom. The zero-order valence-corrected chi connectivity index (χ0v) is 20.3. The van der Waals surface area contributed by atoms with Gasteiger partial charge >= 0.3 is 24.4 Å². The fourth-order valence-electron chi connectivity index (χ4n) is 3.31. The van der Waals surface area contributed by atoms with Gasteiger partial charge in [-0.05, 0) is 55.6 Å². The summed E-state index contributed by atoms with van der Waals surface area (Å²) in [5, 5.41) is 7.35. The molecule has 0 saturated carbocycles. The van der Waals surface area contributed by atoms with Crippen LogP contribution in [0.3, 0.4) is 0 Å². The molecule has 4 amide bonds. The lowest BCUT2D eigenvalue weighted by molar-refractivity contribution is -0.138. The lowest BCUT2D eigenvalue weighted by atomic mass is 10.2. The molecule has 0 atom stereocenters. The third-order valence-electron chi connectivity index (χ3n) is 5.45. The summed E-state index contributed by atoms with van der Waals surface area (Å²) in [6.07, 6.45) is -9.06. The quantitative estimate of drug-likeness (QED) is 0.342. The minimum atomic E-state index is -4.56. The van der Waals surface area contributed by atoms with Gasteiger partial charge in [0.15, 0.2) is 0 Å². The van der Waals surface area contributed by atoms with Gasteiger partial charge in [-0.15, -0.1) is 0 Å². The fourth-order valence-corrected chi connectivity index (χ4v) is 3.31. The second-order valence-electron chi connectivity index (χ2n) is 7.98. The van der Waals surface area contributed by atoms with Gasteiger partial charge in [-0.1, -0.05) is 19.9 Å². The van der Waals surface area contributed by atoms with Crippen LogP contribution >= 0.6 is 0 Å². The van der Waals surface area contributed by atoms with Crippen molar-refractivity contribution in [2.24, 2.45) is 0 Å². The molecule has 0 unspecified atom stereocenters. The summed E-state index contributed by atoms with van der Waals surface area (Å²) in [7, 11) is 0. The number of urea groups is 2. The van der Waals surface area contributed by atoms with Crippen molar-refractivity contribution in [1.29, 1.82) is 0 Å². The summed E-state index contributed by atoms with van der Waals surface area (Å²) >= 11 is 0. The Morgan fingerprint density at radius 3 is 1.95 bits per heavy atom. The highest BCUT2D eigenvalue weighted by Gasteiger charge is 2.31. The molecule has 2 rings (SSSR count). The minimum Gasteiger partial charge on any atom is -0.336 e. The largest absolute Gasteiger partial charge is 0.416 e. The molecule has 0 aliphatic carbocycles. The van der Waals surface area contributed by atoms with E-state index >= 15 is 0 Å². The van der Waals surface area contributed by atoms with E-state index in [4.69, 9.17) is 0 Å². The van der Waals surface area contributed by atoms with Gasteiger partial charge in [-0.2, -0.15) is 26.3 Å². The molecule has 2 aromatic rings. The summed E-state index contributed by atoms with van der Waals surface area (Å²) in [4.78, 5) is 28.4. The van der Waals surface area contributed by atoms with Gasteiger partial charge < -0.3 is 25.8 Å². The number of nitrogens with zero attached hydrogens (tertiary/aromatic N) is 2. The van der Waals surface area contributed by atoms with E-state index in [2.05, 4.69) is 20.9 Å². The predicted octanol–water partition coefficient (Wildman–Crippen LogP) is 5.72. The van der Waals surface area contributed by atoms with Gasteiger partial charge in [0.25, 0.3) is 0 Å². The molecule has 0 aliphatic heterocycles. The van der Waals surface area contributed by atoms with Crippen LogP contribution in [0.4, 0.5) is 47.3 Å². The Hall–Kier alpha value is -3.48. The molecule has 0 fully saturated rings. The first-order valence-corrected chi connectivity index (χ1v) is 11.5. The number of hydrogen-bond donors (Lipinski definition) is 3. The molecule has 0 bridgehead atoms. The predicted molar refractivity (Wildman–Crippen MR) is 128 cm³/mol. The summed E-state index contributed by atoms with van der Waals surface area (Å²) < 4.78 is 76.9. The van der Waals surface area contributed by atoms with Gasteiger partial charge in [0.05, 0.1) is 11.1 Å². The van der Waals surface area contributed by atoms with Gasteiger partial charge in [0, 0.05) is 37.6 Å². The van der Waals surface area contributed by atoms with Crippen LogP contribution in [0.1, 0.15) is 25.0 Å². The number of anilines is 2. The van der Waals surface area contributed by atoms with E-state index in [0.29, 0.717) is 6.54 Å². The third-order valence-corrected chi connectivity index (χ3v) is 5.45. The first kappa shape index (κ1) is 29.7. The highest BCUT2D eigenvalue weighted by Crippen LogP contribution is 2.31. The molecular weight excluding hydrogens is 504 g/mol. The van der Waals surface area contributed by atoms with Gasteiger partial charge in [-0.25, -0.2) is 9.59 Å². The lowest BCUT2D eigenvalue weighted by Gasteiger charge is -2.27. The number of carbonyl (C=O) groups is 2. The maximum absolute atomic E-state index is 12.9. The zero-order valence-electron chi connectivity index (χ0n) is 20.3. The SMILES string of the molecule is CCN(CC)CCN(CCNC(=O)Nc1cccc(C(F)(F)F)c1)C(=O)Nc1ccc(C(F)(F)F)cc1. The van der Waals surface area contributed by atoms with E-state index in [9.17, 15) is 35.9 Å². The molecule has 0 saturated heterocycles. The van der Waals surface area contributed by atoms with Crippen LogP contribution in [0.15, 0.2) is 48.5 Å². The normalized spacial score (nSPS) is 11.8. The Balaban J connectivity index is 1.98. The van der Waals surface area contributed by atoms with E-state index < -0.39 is 35.5 Å². The molecule has 3 N–H and O–H groups in total. The summed E-state index contributed by atoms with van der Waals surface area (Å²) in [6.45, 7) is 6.19. The highest BCUT2D eigenvalue weighted by molar-refractivity contribution is 5.90. The van der Waals surface area contributed by atoms with Gasteiger partial charge in [-0.3, -0.25) is 0 Å². The molecule has 0 radical (unpaired) electrons. The number of benzene rings is 2. The fraction of sp³-hybridized carbons (Fsp3) is 0.417. The Labute approximate surface area is 210 Å². The number of alkyl halides is 6. The number of rotatable bonds is 10. The van der Waals surface area contributed by atoms with Crippen LogP contribution in [-0.4, -0.2) is 61.1 Å². The second-order valence-corrected chi connectivity index (χ2v) is 7.98. The van der Waals surface area contributed by atoms with E-state index in [1.807, 2.05) is 13.8 Å². The van der Waals surface area contributed by atoms with Crippen molar-refractivity contribution in [3.63, 3.8) is 0 Å². The summed E-state index contributed by atoms with van der Waals surface area (Å²) in [5.74, 6) is 0. The maximum Gasteiger partial charge on any atom is 0.416 e. The molecule has 0 aromatic heterocycles. The number of likely N-dealkylation sites (N-methyl/N-ethyl adjacent to an activating group) is 1. The molecule has 2 aromatic carbocycles. The van der Waals surface area contributed by atoms with Crippen LogP contribution in [-0.2, 0) is 12.4 Å². The van der Waals surface area contributed by atoms with Gasteiger partial charge in [0.1, 0.15) is 0 Å². The topological polar surface area (TPSA) is 76.7 Å². The van der Waals surface area contributed by atoms with Crippen molar-refractivity contribution in [2.75, 3.05) is 49.9 Å². The van der Waals surface area contributed by atoms with Crippen molar-refractivity contribution in [3.8, 4) is 0 Å². The molecule has 0 aliphatic rings. The van der Waals surface area contributed by atoms with E-state index in [0.717, 1.165) is 49.5 Å². The Bertz CT molecular complexity index is 1020. The van der Waals surface area contributed by atoms with Crippen molar-refractivity contribution in [1.82, 2.24) is 15.1 Å². The summed E-state index contributed by atoms with van der Waals surface area (Å²) in [5.41, 5.74) is -1.64. The second kappa shape index (κ2) is 13.2. The van der Waals surface area contributed by atoms with E-state index in [1.165, 1.54) is 17.0 Å². The average Bonchev–Trinajstić information content (AvgIpc) is 2.82. The number of carbonyl (C=O) groups excluding carboxylic acids is 2.